The van der Waals surface area contributed by atoms with Crippen molar-refractivity contribution in [2.45, 2.75) is 19.8 Å². The maximum Gasteiger partial charge on any atom is 0.0345 e. The Morgan fingerprint density at radius 2 is 1.90 bits per heavy atom. The zero-order valence-corrected chi connectivity index (χ0v) is 13.8. The molecule has 0 amide bonds. The SMILES string of the molecule is Cc1cccc(CC(CCl)Cc2csc3ccccc23)c1. The second kappa shape index (κ2) is 6.64. The molecule has 1 heterocycles. The Balaban J connectivity index is 1.78. The number of hydrogen-bond donors (Lipinski definition) is 0. The summed E-state index contributed by atoms with van der Waals surface area (Å²) in [5.41, 5.74) is 4.15. The van der Waals surface area contributed by atoms with Crippen LogP contribution in [0.25, 0.3) is 10.1 Å². The fourth-order valence-electron chi connectivity index (χ4n) is 2.86. The largest absolute Gasteiger partial charge is 0.144 e. The van der Waals surface area contributed by atoms with Crippen LogP contribution in [-0.4, -0.2) is 5.88 Å². The molecule has 1 atom stereocenters. The number of hydrogen-bond acceptors (Lipinski definition) is 1. The Morgan fingerprint density at radius 1 is 1.05 bits per heavy atom. The van der Waals surface area contributed by atoms with Crippen molar-refractivity contribution in [3.8, 4) is 0 Å². The summed E-state index contributed by atoms with van der Waals surface area (Å²) < 4.78 is 1.37. The van der Waals surface area contributed by atoms with Gasteiger partial charge in [0, 0.05) is 10.6 Å². The molecule has 0 saturated heterocycles. The number of halogens is 1. The smallest absolute Gasteiger partial charge is 0.0345 e. The molecule has 2 heteroatoms. The van der Waals surface area contributed by atoms with E-state index < -0.39 is 0 Å². The molecule has 1 aromatic heterocycles. The first kappa shape index (κ1) is 14.6. The number of aryl methyl sites for hydroxylation is 1. The molecule has 3 aromatic rings. The molecule has 0 spiro atoms. The zero-order chi connectivity index (χ0) is 14.7. The molecular formula is C19H19ClS. The Morgan fingerprint density at radius 3 is 2.71 bits per heavy atom. The summed E-state index contributed by atoms with van der Waals surface area (Å²) in [4.78, 5) is 0. The Hall–Kier alpha value is -1.31. The topological polar surface area (TPSA) is 0 Å². The van der Waals surface area contributed by atoms with E-state index in [1.807, 2.05) is 11.3 Å². The van der Waals surface area contributed by atoms with E-state index in [1.165, 1.54) is 26.8 Å². The number of alkyl halides is 1. The standard InChI is InChI=1S/C19H19ClS/c1-14-5-4-6-15(9-14)10-16(12-20)11-17-13-21-19-8-3-2-7-18(17)19/h2-9,13,16H,10-12H2,1H3. The van der Waals surface area contributed by atoms with Gasteiger partial charge in [-0.15, -0.1) is 22.9 Å². The van der Waals surface area contributed by atoms with E-state index >= 15 is 0 Å². The fraction of sp³-hybridized carbons (Fsp3) is 0.263. The minimum Gasteiger partial charge on any atom is -0.144 e. The van der Waals surface area contributed by atoms with Gasteiger partial charge in [0.05, 0.1) is 0 Å². The number of rotatable bonds is 5. The molecule has 0 fully saturated rings. The van der Waals surface area contributed by atoms with Crippen LogP contribution in [0.5, 0.6) is 0 Å². The van der Waals surface area contributed by atoms with Gasteiger partial charge in [-0.05, 0) is 53.6 Å². The summed E-state index contributed by atoms with van der Waals surface area (Å²) >= 11 is 8.06. The second-order valence-corrected chi connectivity index (χ2v) is 6.89. The molecule has 1 unspecified atom stereocenters. The van der Waals surface area contributed by atoms with Crippen molar-refractivity contribution in [3.05, 3.63) is 70.6 Å². The molecular weight excluding hydrogens is 296 g/mol. The monoisotopic (exact) mass is 314 g/mol. The Kier molecular flexibility index (Phi) is 4.62. The van der Waals surface area contributed by atoms with Crippen LogP contribution in [0.4, 0.5) is 0 Å². The molecule has 21 heavy (non-hydrogen) atoms. The van der Waals surface area contributed by atoms with Gasteiger partial charge >= 0.3 is 0 Å². The lowest BCUT2D eigenvalue weighted by Crippen LogP contribution is -2.10. The summed E-state index contributed by atoms with van der Waals surface area (Å²) in [6.07, 6.45) is 2.11. The highest BCUT2D eigenvalue weighted by atomic mass is 35.5. The maximum atomic E-state index is 6.23. The van der Waals surface area contributed by atoms with Crippen molar-refractivity contribution in [2.75, 3.05) is 5.88 Å². The van der Waals surface area contributed by atoms with E-state index in [9.17, 15) is 0 Å². The molecule has 0 aliphatic heterocycles. The van der Waals surface area contributed by atoms with Gasteiger partial charge in [0.15, 0.2) is 0 Å². The van der Waals surface area contributed by atoms with Gasteiger partial charge < -0.3 is 0 Å². The van der Waals surface area contributed by atoms with E-state index in [4.69, 9.17) is 11.6 Å². The molecule has 108 valence electrons. The van der Waals surface area contributed by atoms with Gasteiger partial charge in [-0.1, -0.05) is 48.0 Å². The molecule has 0 radical (unpaired) electrons. The average Bonchev–Trinajstić information content (AvgIpc) is 2.90. The van der Waals surface area contributed by atoms with Gasteiger partial charge in [0.1, 0.15) is 0 Å². The quantitative estimate of drug-likeness (QED) is 0.518. The molecule has 0 aliphatic rings. The third-order valence-corrected chi connectivity index (χ3v) is 5.34. The first-order valence-electron chi connectivity index (χ1n) is 7.33. The second-order valence-electron chi connectivity index (χ2n) is 5.67. The van der Waals surface area contributed by atoms with Crippen LogP contribution < -0.4 is 0 Å². The first-order valence-corrected chi connectivity index (χ1v) is 8.74. The van der Waals surface area contributed by atoms with Gasteiger partial charge in [0.2, 0.25) is 0 Å². The van der Waals surface area contributed by atoms with Crippen molar-refractivity contribution < 1.29 is 0 Å². The lowest BCUT2D eigenvalue weighted by molar-refractivity contribution is 0.586. The number of benzene rings is 2. The number of thiophene rings is 1. The summed E-state index contributed by atoms with van der Waals surface area (Å²) in [6.45, 7) is 2.14. The van der Waals surface area contributed by atoms with Crippen LogP contribution >= 0.6 is 22.9 Å². The Labute approximate surface area is 135 Å². The number of fused-ring (bicyclic) bond motifs is 1. The van der Waals surface area contributed by atoms with Crippen LogP contribution in [0.15, 0.2) is 53.9 Å². The van der Waals surface area contributed by atoms with Crippen molar-refractivity contribution in [3.63, 3.8) is 0 Å². The maximum absolute atomic E-state index is 6.23. The summed E-state index contributed by atoms with van der Waals surface area (Å²) in [6, 6.07) is 17.4. The zero-order valence-electron chi connectivity index (χ0n) is 12.2. The lowest BCUT2D eigenvalue weighted by Gasteiger charge is -2.14. The highest BCUT2D eigenvalue weighted by Gasteiger charge is 2.13. The highest BCUT2D eigenvalue weighted by Crippen LogP contribution is 2.28. The van der Waals surface area contributed by atoms with E-state index in [-0.39, 0.29) is 0 Å². The van der Waals surface area contributed by atoms with Gasteiger partial charge in [-0.25, -0.2) is 0 Å². The predicted molar refractivity (Wildman–Crippen MR) is 94.6 cm³/mol. The van der Waals surface area contributed by atoms with Crippen LogP contribution in [-0.2, 0) is 12.8 Å². The van der Waals surface area contributed by atoms with E-state index in [1.54, 1.807) is 0 Å². The van der Waals surface area contributed by atoms with Crippen LogP contribution in [0.2, 0.25) is 0 Å². The normalized spacial score (nSPS) is 12.7. The van der Waals surface area contributed by atoms with E-state index in [0.29, 0.717) is 11.8 Å². The van der Waals surface area contributed by atoms with Crippen LogP contribution in [0.3, 0.4) is 0 Å². The van der Waals surface area contributed by atoms with Gasteiger partial charge in [0.25, 0.3) is 0 Å². The molecule has 3 rings (SSSR count). The molecule has 0 N–H and O–H groups in total. The van der Waals surface area contributed by atoms with E-state index in [2.05, 4.69) is 60.8 Å². The summed E-state index contributed by atoms with van der Waals surface area (Å²) in [5.74, 6) is 1.20. The van der Waals surface area contributed by atoms with E-state index in [0.717, 1.165) is 12.8 Å². The van der Waals surface area contributed by atoms with Gasteiger partial charge in [-0.2, -0.15) is 0 Å². The third-order valence-electron chi connectivity index (χ3n) is 3.89. The van der Waals surface area contributed by atoms with Crippen molar-refractivity contribution in [2.24, 2.45) is 5.92 Å². The van der Waals surface area contributed by atoms with Crippen molar-refractivity contribution >= 4 is 33.0 Å². The summed E-state index contributed by atoms with van der Waals surface area (Å²) in [5, 5.41) is 3.68. The molecule has 0 nitrogen and oxygen atoms in total. The summed E-state index contributed by atoms with van der Waals surface area (Å²) in [7, 11) is 0. The minimum absolute atomic E-state index is 0.492. The first-order chi connectivity index (χ1) is 10.3. The minimum atomic E-state index is 0.492. The third kappa shape index (κ3) is 3.48. The van der Waals surface area contributed by atoms with Gasteiger partial charge in [-0.3, -0.25) is 0 Å². The lowest BCUT2D eigenvalue weighted by atomic mass is 9.93. The van der Waals surface area contributed by atoms with Crippen LogP contribution in [0, 0.1) is 12.8 Å². The molecule has 0 bridgehead atoms. The molecule has 0 saturated carbocycles. The highest BCUT2D eigenvalue weighted by molar-refractivity contribution is 7.17. The van der Waals surface area contributed by atoms with Crippen molar-refractivity contribution in [1.29, 1.82) is 0 Å². The van der Waals surface area contributed by atoms with Crippen molar-refractivity contribution in [1.82, 2.24) is 0 Å². The van der Waals surface area contributed by atoms with Crippen LogP contribution in [0.1, 0.15) is 16.7 Å². The molecule has 0 aliphatic carbocycles. The fourth-order valence-corrected chi connectivity index (χ4v) is 4.05. The Bertz CT molecular complexity index is 729. The average molecular weight is 315 g/mol. The predicted octanol–water partition coefficient (Wildman–Crippen LogP) is 5.85. The molecule has 2 aromatic carbocycles.